The van der Waals surface area contributed by atoms with Crippen molar-refractivity contribution in [1.29, 1.82) is 0 Å². The summed E-state index contributed by atoms with van der Waals surface area (Å²) in [6.07, 6.45) is 7.34. The third-order valence-corrected chi connectivity index (χ3v) is 3.26. The molecular weight excluding hydrogens is 260 g/mol. The van der Waals surface area contributed by atoms with Gasteiger partial charge in [-0.25, -0.2) is 0 Å². The van der Waals surface area contributed by atoms with Crippen LogP contribution in [0.5, 0.6) is 11.5 Å². The summed E-state index contributed by atoms with van der Waals surface area (Å²) in [5.41, 5.74) is 3.09. The third kappa shape index (κ3) is 3.99. The normalized spacial score (nSPS) is 10.7. The van der Waals surface area contributed by atoms with Gasteiger partial charge in [-0.05, 0) is 30.0 Å². The number of methoxy groups -OCH3 is 1. The lowest BCUT2D eigenvalue weighted by molar-refractivity contribution is 0.370. The Morgan fingerprint density at radius 2 is 1.90 bits per heavy atom. The van der Waals surface area contributed by atoms with Crippen LogP contribution < -0.4 is 4.74 Å². The Morgan fingerprint density at radius 1 is 1.14 bits per heavy atom. The van der Waals surface area contributed by atoms with E-state index in [1.807, 2.05) is 60.7 Å². The van der Waals surface area contributed by atoms with Crippen LogP contribution >= 0.6 is 0 Å². The lowest BCUT2D eigenvalue weighted by atomic mass is 10.0. The highest BCUT2D eigenvalue weighted by Crippen LogP contribution is 2.32. The zero-order valence-electron chi connectivity index (χ0n) is 12.3. The first-order valence-electron chi connectivity index (χ1n) is 6.96. The molecule has 0 heterocycles. The lowest BCUT2D eigenvalue weighted by Gasteiger charge is -2.10. The van der Waals surface area contributed by atoms with E-state index in [4.69, 9.17) is 4.74 Å². The standard InChI is InChI=1S/C19H20O2/c1-3-8-16-13-17(19(20)18(14-16)21-2)12-7-11-15-9-5-4-6-10-15/h3-7,9-11,13-14,20H,1,8,12H2,2H3. The van der Waals surface area contributed by atoms with Gasteiger partial charge in [-0.15, -0.1) is 6.58 Å². The fraction of sp³-hybridized carbons (Fsp3) is 0.158. The highest BCUT2D eigenvalue weighted by Gasteiger charge is 2.09. The van der Waals surface area contributed by atoms with Gasteiger partial charge in [0, 0.05) is 5.56 Å². The van der Waals surface area contributed by atoms with E-state index in [2.05, 4.69) is 6.58 Å². The zero-order chi connectivity index (χ0) is 15.1. The van der Waals surface area contributed by atoms with Gasteiger partial charge in [0.05, 0.1) is 7.11 Å². The molecule has 0 radical (unpaired) electrons. The highest BCUT2D eigenvalue weighted by atomic mass is 16.5. The zero-order valence-corrected chi connectivity index (χ0v) is 12.3. The molecule has 2 aromatic rings. The maximum Gasteiger partial charge on any atom is 0.161 e. The lowest BCUT2D eigenvalue weighted by Crippen LogP contribution is -1.93. The number of aromatic hydroxyl groups is 1. The number of hydrogen-bond acceptors (Lipinski definition) is 2. The average Bonchev–Trinajstić information content (AvgIpc) is 2.51. The molecule has 2 nitrogen and oxygen atoms in total. The fourth-order valence-corrected chi connectivity index (χ4v) is 2.21. The smallest absolute Gasteiger partial charge is 0.161 e. The van der Waals surface area contributed by atoms with Crippen molar-refractivity contribution in [2.75, 3.05) is 7.11 Å². The number of phenols is 1. The minimum absolute atomic E-state index is 0.211. The van der Waals surface area contributed by atoms with Gasteiger partial charge in [0.2, 0.25) is 0 Å². The molecule has 0 aromatic heterocycles. The molecule has 2 aromatic carbocycles. The fourth-order valence-electron chi connectivity index (χ4n) is 2.21. The minimum atomic E-state index is 0.211. The molecule has 108 valence electrons. The second kappa shape index (κ2) is 7.34. The molecule has 0 bridgehead atoms. The number of phenolic OH excluding ortho intramolecular Hbond substituents is 1. The highest BCUT2D eigenvalue weighted by molar-refractivity contribution is 5.53. The topological polar surface area (TPSA) is 29.5 Å². The predicted octanol–water partition coefficient (Wildman–Crippen LogP) is 4.39. The molecule has 0 aliphatic carbocycles. The van der Waals surface area contributed by atoms with Crippen LogP contribution in [-0.2, 0) is 12.8 Å². The summed E-state index contributed by atoms with van der Waals surface area (Å²) in [6.45, 7) is 3.75. The number of hydrogen-bond donors (Lipinski definition) is 1. The van der Waals surface area contributed by atoms with E-state index in [1.165, 1.54) is 0 Å². The molecule has 0 aliphatic rings. The van der Waals surface area contributed by atoms with Crippen molar-refractivity contribution in [3.8, 4) is 11.5 Å². The van der Waals surface area contributed by atoms with Crippen molar-refractivity contribution in [2.45, 2.75) is 12.8 Å². The summed E-state index contributed by atoms with van der Waals surface area (Å²) in [5.74, 6) is 0.723. The molecule has 0 atom stereocenters. The summed E-state index contributed by atoms with van der Waals surface area (Å²) >= 11 is 0. The number of allylic oxidation sites excluding steroid dienone is 2. The van der Waals surface area contributed by atoms with Crippen LogP contribution in [0.25, 0.3) is 6.08 Å². The monoisotopic (exact) mass is 280 g/mol. The second-order valence-corrected chi connectivity index (χ2v) is 4.82. The largest absolute Gasteiger partial charge is 0.504 e. The van der Waals surface area contributed by atoms with Crippen LogP contribution in [0, 0.1) is 0 Å². The summed E-state index contributed by atoms with van der Waals surface area (Å²) in [7, 11) is 1.57. The Morgan fingerprint density at radius 3 is 2.57 bits per heavy atom. The van der Waals surface area contributed by atoms with Gasteiger partial charge in [0.1, 0.15) is 0 Å². The Hall–Kier alpha value is -2.48. The molecule has 0 aliphatic heterocycles. The van der Waals surface area contributed by atoms with E-state index in [9.17, 15) is 5.11 Å². The van der Waals surface area contributed by atoms with Crippen LogP contribution in [-0.4, -0.2) is 12.2 Å². The van der Waals surface area contributed by atoms with Gasteiger partial charge in [-0.2, -0.15) is 0 Å². The molecule has 0 saturated heterocycles. The third-order valence-electron chi connectivity index (χ3n) is 3.26. The van der Waals surface area contributed by atoms with Crippen LogP contribution in [0.3, 0.4) is 0 Å². The van der Waals surface area contributed by atoms with Crippen LogP contribution in [0.1, 0.15) is 16.7 Å². The summed E-state index contributed by atoms with van der Waals surface area (Å²) in [5, 5.41) is 10.2. The number of ether oxygens (including phenoxy) is 1. The second-order valence-electron chi connectivity index (χ2n) is 4.82. The van der Waals surface area contributed by atoms with Gasteiger partial charge < -0.3 is 9.84 Å². The molecule has 0 unspecified atom stereocenters. The SMILES string of the molecule is C=CCc1cc(CC=Cc2ccccc2)c(O)c(OC)c1. The van der Waals surface area contributed by atoms with E-state index in [1.54, 1.807) is 7.11 Å². The maximum atomic E-state index is 10.2. The van der Waals surface area contributed by atoms with E-state index < -0.39 is 0 Å². The molecular formula is C19H20O2. The molecule has 0 amide bonds. The van der Waals surface area contributed by atoms with Gasteiger partial charge in [-0.1, -0.05) is 54.6 Å². The van der Waals surface area contributed by atoms with Crippen LogP contribution in [0.2, 0.25) is 0 Å². The molecule has 1 N–H and O–H groups in total. The first kappa shape index (κ1) is 14.9. The van der Waals surface area contributed by atoms with Crippen molar-refractivity contribution < 1.29 is 9.84 Å². The number of rotatable bonds is 6. The Kier molecular flexibility index (Phi) is 5.22. The predicted molar refractivity (Wildman–Crippen MR) is 87.7 cm³/mol. The molecule has 0 spiro atoms. The first-order valence-corrected chi connectivity index (χ1v) is 6.96. The van der Waals surface area contributed by atoms with Crippen molar-refractivity contribution in [2.24, 2.45) is 0 Å². The van der Waals surface area contributed by atoms with Crippen molar-refractivity contribution in [3.05, 3.63) is 77.9 Å². The summed E-state index contributed by atoms with van der Waals surface area (Å²) < 4.78 is 5.23. The maximum absolute atomic E-state index is 10.2. The van der Waals surface area contributed by atoms with E-state index in [-0.39, 0.29) is 5.75 Å². The van der Waals surface area contributed by atoms with Gasteiger partial charge in [-0.3, -0.25) is 0 Å². The number of benzene rings is 2. The van der Waals surface area contributed by atoms with Gasteiger partial charge >= 0.3 is 0 Å². The van der Waals surface area contributed by atoms with Crippen molar-refractivity contribution in [3.63, 3.8) is 0 Å². The van der Waals surface area contributed by atoms with E-state index in [0.717, 1.165) is 23.1 Å². The van der Waals surface area contributed by atoms with Crippen molar-refractivity contribution >= 4 is 6.08 Å². The molecule has 0 saturated carbocycles. The minimum Gasteiger partial charge on any atom is -0.504 e. The van der Waals surface area contributed by atoms with Crippen LogP contribution in [0.4, 0.5) is 0 Å². The molecule has 2 heteroatoms. The molecule has 0 fully saturated rings. The Labute approximate surface area is 126 Å². The molecule has 2 rings (SSSR count). The first-order chi connectivity index (χ1) is 10.2. The molecule has 21 heavy (non-hydrogen) atoms. The summed E-state index contributed by atoms with van der Waals surface area (Å²) in [4.78, 5) is 0. The Bertz CT molecular complexity index is 628. The van der Waals surface area contributed by atoms with Gasteiger partial charge in [0.15, 0.2) is 11.5 Å². The van der Waals surface area contributed by atoms with Gasteiger partial charge in [0.25, 0.3) is 0 Å². The van der Waals surface area contributed by atoms with Crippen LogP contribution in [0.15, 0.2) is 61.2 Å². The Balaban J connectivity index is 2.20. The van der Waals surface area contributed by atoms with E-state index in [0.29, 0.717) is 12.2 Å². The average molecular weight is 280 g/mol. The van der Waals surface area contributed by atoms with Crippen molar-refractivity contribution in [1.82, 2.24) is 0 Å². The summed E-state index contributed by atoms with van der Waals surface area (Å²) in [6, 6.07) is 13.9. The quantitative estimate of drug-likeness (QED) is 0.795. The van der Waals surface area contributed by atoms with E-state index >= 15 is 0 Å².